The highest BCUT2D eigenvalue weighted by atomic mass is 14.9. The summed E-state index contributed by atoms with van der Waals surface area (Å²) >= 11 is 0. The van der Waals surface area contributed by atoms with Gasteiger partial charge in [-0.25, -0.2) is 0 Å². The van der Waals surface area contributed by atoms with E-state index in [1.54, 1.807) is 0 Å². The first-order valence-electron chi connectivity index (χ1n) is 6.85. The van der Waals surface area contributed by atoms with Gasteiger partial charge in [-0.15, -0.1) is 0 Å². The highest BCUT2D eigenvalue weighted by Gasteiger charge is 2.47. The maximum Gasteiger partial charge on any atom is 0.0127 e. The second-order valence-electron chi connectivity index (χ2n) is 5.94. The zero-order valence-corrected chi connectivity index (χ0v) is 11.6. The molecule has 2 atom stereocenters. The summed E-state index contributed by atoms with van der Waals surface area (Å²) in [6.07, 6.45) is 3.71. The Morgan fingerprint density at radius 3 is 2.35 bits per heavy atom. The Morgan fingerprint density at radius 1 is 1.24 bits per heavy atom. The van der Waals surface area contributed by atoms with Gasteiger partial charge in [-0.3, -0.25) is 0 Å². The van der Waals surface area contributed by atoms with E-state index in [-0.39, 0.29) is 0 Å². The van der Waals surface area contributed by atoms with Gasteiger partial charge < -0.3 is 5.32 Å². The molecular weight excluding hydrogens is 206 g/mol. The second-order valence-corrected chi connectivity index (χ2v) is 5.94. The van der Waals surface area contributed by atoms with Crippen LogP contribution in [-0.2, 0) is 6.42 Å². The molecule has 1 aliphatic carbocycles. The number of rotatable bonds is 4. The van der Waals surface area contributed by atoms with E-state index >= 15 is 0 Å². The van der Waals surface area contributed by atoms with E-state index in [4.69, 9.17) is 0 Å². The molecule has 1 N–H and O–H groups in total. The molecule has 0 amide bonds. The summed E-state index contributed by atoms with van der Waals surface area (Å²) in [6, 6.07) is 9.96. The average molecular weight is 231 g/mol. The SMILES string of the molecule is CCCc1ccc(C2CC(NC)C2(C)C)cc1. The lowest BCUT2D eigenvalue weighted by Gasteiger charge is -2.52. The summed E-state index contributed by atoms with van der Waals surface area (Å²) in [7, 11) is 2.08. The van der Waals surface area contributed by atoms with Crippen LogP contribution in [0.2, 0.25) is 0 Å². The predicted molar refractivity (Wildman–Crippen MR) is 74.4 cm³/mol. The van der Waals surface area contributed by atoms with Crippen LogP contribution < -0.4 is 5.32 Å². The molecule has 1 saturated carbocycles. The van der Waals surface area contributed by atoms with Crippen LogP contribution in [0.25, 0.3) is 0 Å². The fraction of sp³-hybridized carbons (Fsp3) is 0.625. The molecule has 94 valence electrons. The van der Waals surface area contributed by atoms with Crippen molar-refractivity contribution in [1.82, 2.24) is 5.32 Å². The Labute approximate surface area is 106 Å². The van der Waals surface area contributed by atoms with Crippen molar-refractivity contribution in [2.24, 2.45) is 5.41 Å². The molecule has 0 saturated heterocycles. The molecule has 0 spiro atoms. The Balaban J connectivity index is 2.09. The molecule has 1 aromatic rings. The first-order chi connectivity index (χ1) is 8.09. The molecule has 2 rings (SSSR count). The molecule has 0 radical (unpaired) electrons. The smallest absolute Gasteiger partial charge is 0.0127 e. The summed E-state index contributed by atoms with van der Waals surface area (Å²) in [6.45, 7) is 6.99. The van der Waals surface area contributed by atoms with E-state index in [1.165, 1.54) is 30.4 Å². The van der Waals surface area contributed by atoms with Gasteiger partial charge in [-0.05, 0) is 42.3 Å². The minimum Gasteiger partial charge on any atom is -0.316 e. The number of nitrogens with one attached hydrogen (secondary N) is 1. The molecule has 1 aliphatic rings. The van der Waals surface area contributed by atoms with Crippen LogP contribution in [0, 0.1) is 5.41 Å². The van der Waals surface area contributed by atoms with Crippen molar-refractivity contribution in [3.63, 3.8) is 0 Å². The Morgan fingerprint density at radius 2 is 1.88 bits per heavy atom. The summed E-state index contributed by atoms with van der Waals surface area (Å²) < 4.78 is 0. The molecule has 1 fully saturated rings. The van der Waals surface area contributed by atoms with Gasteiger partial charge in [0.25, 0.3) is 0 Å². The van der Waals surface area contributed by atoms with Crippen LogP contribution in [0.1, 0.15) is 50.7 Å². The van der Waals surface area contributed by atoms with E-state index in [1.807, 2.05) is 0 Å². The first-order valence-corrected chi connectivity index (χ1v) is 6.85. The van der Waals surface area contributed by atoms with E-state index in [0.29, 0.717) is 11.5 Å². The number of hydrogen-bond acceptors (Lipinski definition) is 1. The zero-order chi connectivity index (χ0) is 12.5. The van der Waals surface area contributed by atoms with Crippen LogP contribution >= 0.6 is 0 Å². The highest BCUT2D eigenvalue weighted by molar-refractivity contribution is 5.30. The molecular formula is C16H25N. The van der Waals surface area contributed by atoms with Crippen LogP contribution in [0.3, 0.4) is 0 Å². The largest absolute Gasteiger partial charge is 0.316 e. The van der Waals surface area contributed by atoms with Crippen molar-refractivity contribution in [1.29, 1.82) is 0 Å². The maximum absolute atomic E-state index is 3.42. The number of hydrogen-bond donors (Lipinski definition) is 1. The van der Waals surface area contributed by atoms with Crippen molar-refractivity contribution >= 4 is 0 Å². The Kier molecular flexibility index (Phi) is 3.58. The molecule has 1 nitrogen and oxygen atoms in total. The summed E-state index contributed by atoms with van der Waals surface area (Å²) in [5.41, 5.74) is 3.38. The second kappa shape index (κ2) is 4.81. The summed E-state index contributed by atoms with van der Waals surface area (Å²) in [5.74, 6) is 0.718. The van der Waals surface area contributed by atoms with Gasteiger partial charge in [-0.1, -0.05) is 51.5 Å². The predicted octanol–water partition coefficient (Wildman–Crippen LogP) is 3.74. The molecule has 0 aliphatic heterocycles. The maximum atomic E-state index is 3.42. The van der Waals surface area contributed by atoms with Gasteiger partial charge in [0.05, 0.1) is 0 Å². The van der Waals surface area contributed by atoms with E-state index < -0.39 is 0 Å². The standard InChI is InChI=1S/C16H25N/c1-5-6-12-7-9-13(10-8-12)14-11-15(17-4)16(14,2)3/h7-10,14-15,17H,5-6,11H2,1-4H3. The van der Waals surface area contributed by atoms with Crippen LogP contribution in [0.5, 0.6) is 0 Å². The van der Waals surface area contributed by atoms with Crippen molar-refractivity contribution in [3.8, 4) is 0 Å². The minimum absolute atomic E-state index is 0.390. The first kappa shape index (κ1) is 12.6. The zero-order valence-electron chi connectivity index (χ0n) is 11.6. The third-order valence-corrected chi connectivity index (χ3v) is 4.54. The fourth-order valence-electron chi connectivity index (χ4n) is 3.19. The summed E-state index contributed by atoms with van der Waals surface area (Å²) in [5, 5.41) is 3.42. The molecule has 2 unspecified atom stereocenters. The fourth-order valence-corrected chi connectivity index (χ4v) is 3.19. The Hall–Kier alpha value is -0.820. The molecule has 1 aromatic carbocycles. The lowest BCUT2D eigenvalue weighted by molar-refractivity contribution is 0.0751. The van der Waals surface area contributed by atoms with E-state index in [2.05, 4.69) is 57.4 Å². The lowest BCUT2D eigenvalue weighted by Crippen LogP contribution is -2.54. The minimum atomic E-state index is 0.390. The van der Waals surface area contributed by atoms with Gasteiger partial charge in [0.1, 0.15) is 0 Å². The van der Waals surface area contributed by atoms with E-state index in [9.17, 15) is 0 Å². The van der Waals surface area contributed by atoms with Gasteiger partial charge in [0.2, 0.25) is 0 Å². The molecule has 0 aromatic heterocycles. The molecule has 17 heavy (non-hydrogen) atoms. The van der Waals surface area contributed by atoms with Crippen molar-refractivity contribution in [2.45, 2.75) is 52.0 Å². The Bertz CT molecular complexity index is 364. The van der Waals surface area contributed by atoms with Crippen molar-refractivity contribution < 1.29 is 0 Å². The van der Waals surface area contributed by atoms with Crippen molar-refractivity contribution in [3.05, 3.63) is 35.4 Å². The highest BCUT2D eigenvalue weighted by Crippen LogP contribution is 2.52. The van der Waals surface area contributed by atoms with Crippen LogP contribution in [0.4, 0.5) is 0 Å². The normalized spacial score (nSPS) is 26.6. The van der Waals surface area contributed by atoms with Gasteiger partial charge in [0, 0.05) is 6.04 Å². The number of benzene rings is 1. The monoisotopic (exact) mass is 231 g/mol. The van der Waals surface area contributed by atoms with Gasteiger partial charge >= 0.3 is 0 Å². The third-order valence-electron chi connectivity index (χ3n) is 4.54. The van der Waals surface area contributed by atoms with Gasteiger partial charge in [0.15, 0.2) is 0 Å². The quantitative estimate of drug-likeness (QED) is 0.832. The van der Waals surface area contributed by atoms with Crippen LogP contribution in [-0.4, -0.2) is 13.1 Å². The molecule has 1 heteroatoms. The molecule has 0 bridgehead atoms. The van der Waals surface area contributed by atoms with Crippen molar-refractivity contribution in [2.75, 3.05) is 7.05 Å². The van der Waals surface area contributed by atoms with Gasteiger partial charge in [-0.2, -0.15) is 0 Å². The third kappa shape index (κ3) is 2.26. The lowest BCUT2D eigenvalue weighted by atomic mass is 9.56. The number of aryl methyl sites for hydroxylation is 1. The molecule has 0 heterocycles. The topological polar surface area (TPSA) is 12.0 Å². The average Bonchev–Trinajstić information content (AvgIpc) is 2.31. The summed E-state index contributed by atoms with van der Waals surface area (Å²) in [4.78, 5) is 0. The van der Waals surface area contributed by atoms with Crippen LogP contribution in [0.15, 0.2) is 24.3 Å². The van der Waals surface area contributed by atoms with E-state index in [0.717, 1.165) is 5.92 Å².